The molecule has 0 aromatic heterocycles. The van der Waals surface area contributed by atoms with Crippen molar-refractivity contribution in [3.8, 4) is 0 Å². The van der Waals surface area contributed by atoms with Crippen molar-refractivity contribution in [2.24, 2.45) is 0 Å². The molecule has 0 unspecified atom stereocenters. The quantitative estimate of drug-likeness (QED) is 0.575. The Bertz CT molecular complexity index is 643. The summed E-state index contributed by atoms with van der Waals surface area (Å²) in [6.07, 6.45) is 0. The highest BCUT2D eigenvalue weighted by atomic mass is 127. The average Bonchev–Trinajstić information content (AvgIpc) is 2.37. The van der Waals surface area contributed by atoms with Crippen molar-refractivity contribution in [1.82, 2.24) is 0 Å². The lowest BCUT2D eigenvalue weighted by Gasteiger charge is -2.09. The van der Waals surface area contributed by atoms with E-state index in [1.807, 2.05) is 25.1 Å². The van der Waals surface area contributed by atoms with Gasteiger partial charge in [-0.25, -0.2) is 0 Å². The third-order valence-electron chi connectivity index (χ3n) is 2.63. The first-order chi connectivity index (χ1) is 8.97. The Hall–Kier alpha value is -0.340. The molecule has 2 nitrogen and oxygen atoms in total. The van der Waals surface area contributed by atoms with Crippen LogP contribution in [0.1, 0.15) is 15.9 Å². The molecule has 19 heavy (non-hydrogen) atoms. The summed E-state index contributed by atoms with van der Waals surface area (Å²) in [5, 5.41) is 3.58. The molecule has 98 valence electrons. The molecule has 1 amide bonds. The van der Waals surface area contributed by atoms with Crippen molar-refractivity contribution >= 4 is 68.4 Å². The predicted octanol–water partition coefficient (Wildman–Crippen LogP) is 5.11. The Kier molecular flexibility index (Phi) is 5.08. The Balaban J connectivity index is 2.25. The number of hydrogen-bond donors (Lipinski definition) is 1. The largest absolute Gasteiger partial charge is 0.322 e. The van der Waals surface area contributed by atoms with Crippen molar-refractivity contribution in [2.75, 3.05) is 5.32 Å². The van der Waals surface area contributed by atoms with Gasteiger partial charge in [-0.2, -0.15) is 0 Å². The van der Waals surface area contributed by atoms with Crippen molar-refractivity contribution < 1.29 is 4.79 Å². The van der Waals surface area contributed by atoms with Gasteiger partial charge in [0.1, 0.15) is 0 Å². The van der Waals surface area contributed by atoms with Crippen LogP contribution in [0.4, 0.5) is 5.69 Å². The van der Waals surface area contributed by atoms with Gasteiger partial charge in [-0.05, 0) is 88.0 Å². The van der Waals surface area contributed by atoms with Crippen molar-refractivity contribution in [3.05, 3.63) is 59.7 Å². The topological polar surface area (TPSA) is 29.1 Å². The molecular formula is C14H10ClI2NO. The molecule has 2 aromatic carbocycles. The van der Waals surface area contributed by atoms with Crippen LogP contribution >= 0.6 is 56.8 Å². The van der Waals surface area contributed by atoms with E-state index in [0.717, 1.165) is 18.4 Å². The van der Waals surface area contributed by atoms with E-state index < -0.39 is 0 Å². The molecule has 0 atom stereocenters. The van der Waals surface area contributed by atoms with E-state index in [2.05, 4.69) is 50.5 Å². The third-order valence-corrected chi connectivity index (χ3v) is 4.84. The first-order valence-corrected chi connectivity index (χ1v) is 8.03. The Morgan fingerprint density at radius 3 is 2.58 bits per heavy atom. The fraction of sp³-hybridized carbons (Fsp3) is 0.0714. The molecule has 0 aliphatic heterocycles. The number of halogens is 3. The lowest BCUT2D eigenvalue weighted by atomic mass is 10.1. The van der Waals surface area contributed by atoms with Crippen molar-refractivity contribution in [3.63, 3.8) is 0 Å². The summed E-state index contributed by atoms with van der Waals surface area (Å²) in [6.45, 7) is 1.97. The molecule has 2 aromatic rings. The Morgan fingerprint density at radius 1 is 1.16 bits per heavy atom. The molecule has 1 N–H and O–H groups in total. The summed E-state index contributed by atoms with van der Waals surface area (Å²) in [5.74, 6) is -0.125. The Morgan fingerprint density at radius 2 is 1.89 bits per heavy atom. The number of aryl methyl sites for hydroxylation is 1. The minimum atomic E-state index is -0.125. The second-order valence-electron chi connectivity index (χ2n) is 4.04. The maximum absolute atomic E-state index is 12.2. The maximum Gasteiger partial charge on any atom is 0.255 e. The second-order valence-corrected chi connectivity index (χ2v) is 6.86. The third kappa shape index (κ3) is 3.82. The van der Waals surface area contributed by atoms with E-state index in [4.69, 9.17) is 11.6 Å². The molecule has 0 saturated carbocycles. The Labute approximate surface area is 144 Å². The smallest absolute Gasteiger partial charge is 0.255 e. The summed E-state index contributed by atoms with van der Waals surface area (Å²) >= 11 is 10.3. The van der Waals surface area contributed by atoms with E-state index >= 15 is 0 Å². The van der Waals surface area contributed by atoms with E-state index in [9.17, 15) is 4.79 Å². The van der Waals surface area contributed by atoms with Crippen molar-refractivity contribution in [1.29, 1.82) is 0 Å². The average molecular weight is 498 g/mol. The fourth-order valence-electron chi connectivity index (χ4n) is 1.56. The highest BCUT2D eigenvalue weighted by Crippen LogP contribution is 2.22. The first-order valence-electron chi connectivity index (χ1n) is 5.50. The van der Waals surface area contributed by atoms with E-state index in [1.54, 1.807) is 18.2 Å². The van der Waals surface area contributed by atoms with Gasteiger partial charge >= 0.3 is 0 Å². The lowest BCUT2D eigenvalue weighted by Crippen LogP contribution is -2.13. The van der Waals surface area contributed by atoms with Crippen molar-refractivity contribution in [2.45, 2.75) is 6.92 Å². The number of hydrogen-bond acceptors (Lipinski definition) is 1. The second kappa shape index (κ2) is 6.41. The predicted molar refractivity (Wildman–Crippen MR) is 96.0 cm³/mol. The van der Waals surface area contributed by atoms with Gasteiger partial charge in [0.15, 0.2) is 0 Å². The zero-order valence-corrected chi connectivity index (χ0v) is 15.1. The van der Waals surface area contributed by atoms with Gasteiger partial charge in [0, 0.05) is 18.4 Å². The van der Waals surface area contributed by atoms with E-state index in [1.165, 1.54) is 0 Å². The monoisotopic (exact) mass is 497 g/mol. The van der Waals surface area contributed by atoms with Crippen LogP contribution in [0, 0.1) is 14.1 Å². The summed E-state index contributed by atoms with van der Waals surface area (Å²) in [4.78, 5) is 12.2. The van der Waals surface area contributed by atoms with Crippen LogP contribution in [-0.2, 0) is 0 Å². The van der Waals surface area contributed by atoms with Gasteiger partial charge in [-0.3, -0.25) is 4.79 Å². The maximum atomic E-state index is 12.2. The number of carbonyl (C=O) groups is 1. The van der Waals surface area contributed by atoms with Gasteiger partial charge in [0.2, 0.25) is 0 Å². The van der Waals surface area contributed by atoms with Crippen LogP contribution in [0.15, 0.2) is 36.4 Å². The zero-order valence-electron chi connectivity index (χ0n) is 10.0. The molecular weight excluding hydrogens is 487 g/mol. The first kappa shape index (κ1) is 15.1. The molecule has 0 fully saturated rings. The number of nitrogens with one attached hydrogen (secondary N) is 1. The van der Waals surface area contributed by atoms with Gasteiger partial charge in [0.25, 0.3) is 5.91 Å². The molecule has 0 saturated heterocycles. The minimum absolute atomic E-state index is 0.125. The standard InChI is InChI=1S/C14H10ClI2NO/c1-8-2-4-10(16)7-13(8)18-14(19)9-3-5-11(15)12(17)6-9/h2-7H,1H3,(H,18,19). The molecule has 0 aliphatic carbocycles. The number of carbonyl (C=O) groups excluding carboxylic acids is 1. The minimum Gasteiger partial charge on any atom is -0.322 e. The number of amides is 1. The van der Waals surface area contributed by atoms with E-state index in [-0.39, 0.29) is 5.91 Å². The van der Waals surface area contributed by atoms with Crippen LogP contribution in [0.2, 0.25) is 5.02 Å². The van der Waals surface area contributed by atoms with Gasteiger partial charge < -0.3 is 5.32 Å². The van der Waals surface area contributed by atoms with Crippen LogP contribution < -0.4 is 5.32 Å². The molecule has 5 heteroatoms. The summed E-state index contributed by atoms with van der Waals surface area (Å²) in [7, 11) is 0. The summed E-state index contributed by atoms with van der Waals surface area (Å²) < 4.78 is 1.95. The molecule has 2 rings (SSSR count). The van der Waals surface area contributed by atoms with Gasteiger partial charge in [-0.15, -0.1) is 0 Å². The highest BCUT2D eigenvalue weighted by Gasteiger charge is 2.09. The highest BCUT2D eigenvalue weighted by molar-refractivity contribution is 14.1. The lowest BCUT2D eigenvalue weighted by molar-refractivity contribution is 0.102. The van der Waals surface area contributed by atoms with Crippen LogP contribution in [0.3, 0.4) is 0 Å². The van der Waals surface area contributed by atoms with Gasteiger partial charge in [0.05, 0.1) is 5.02 Å². The van der Waals surface area contributed by atoms with Crippen LogP contribution in [0.25, 0.3) is 0 Å². The van der Waals surface area contributed by atoms with E-state index in [0.29, 0.717) is 10.6 Å². The molecule has 0 bridgehead atoms. The van der Waals surface area contributed by atoms with Gasteiger partial charge in [-0.1, -0.05) is 17.7 Å². The molecule has 0 spiro atoms. The fourth-order valence-corrected chi connectivity index (χ4v) is 2.68. The number of anilines is 1. The van der Waals surface area contributed by atoms with Crippen LogP contribution in [-0.4, -0.2) is 5.91 Å². The van der Waals surface area contributed by atoms with Crippen LogP contribution in [0.5, 0.6) is 0 Å². The number of benzene rings is 2. The SMILES string of the molecule is Cc1ccc(I)cc1NC(=O)c1ccc(Cl)c(I)c1. The molecule has 0 radical (unpaired) electrons. The summed E-state index contributed by atoms with van der Waals surface area (Å²) in [6, 6.07) is 11.2. The number of rotatable bonds is 2. The zero-order chi connectivity index (χ0) is 14.0. The normalized spacial score (nSPS) is 10.3. The summed E-state index contributed by atoms with van der Waals surface area (Å²) in [5.41, 5.74) is 2.48. The molecule has 0 heterocycles. The molecule has 0 aliphatic rings.